The van der Waals surface area contributed by atoms with Gasteiger partial charge in [-0.1, -0.05) is 36.8 Å². The van der Waals surface area contributed by atoms with Crippen LogP contribution < -0.4 is 10.4 Å². The molecule has 0 bridgehead atoms. The first-order valence-electron chi connectivity index (χ1n) is 13.2. The number of fused-ring (bicyclic) bond motifs is 2. The maximum absolute atomic E-state index is 13.2. The molecule has 3 aromatic rings. The molecule has 190 valence electrons. The van der Waals surface area contributed by atoms with Crippen molar-refractivity contribution in [1.82, 2.24) is 9.80 Å². The zero-order valence-corrected chi connectivity index (χ0v) is 21.4. The summed E-state index contributed by atoms with van der Waals surface area (Å²) in [6, 6.07) is 15.8. The summed E-state index contributed by atoms with van der Waals surface area (Å²) < 4.78 is 11.1. The molecule has 1 amide bonds. The Balaban J connectivity index is 1.33. The summed E-state index contributed by atoms with van der Waals surface area (Å²) >= 11 is 0. The number of hydrogen-bond acceptors (Lipinski definition) is 5. The first kappa shape index (κ1) is 24.6. The predicted octanol–water partition coefficient (Wildman–Crippen LogP) is 5.12. The number of hydrogen-bond donors (Lipinski definition) is 0. The highest BCUT2D eigenvalue weighted by molar-refractivity contribution is 5.94. The molecule has 0 radical (unpaired) electrons. The number of benzene rings is 2. The minimum atomic E-state index is -0.396. The molecule has 2 fully saturated rings. The third-order valence-electron chi connectivity index (χ3n) is 8.00. The SMILES string of the molecule is COc1cc2oc(=O)cc(-c3ccccc3)c2cc1CCC(=O)N(C)CC1CCCN2CCCCC12. The lowest BCUT2D eigenvalue weighted by Gasteiger charge is -2.45. The third kappa shape index (κ3) is 5.19. The van der Waals surface area contributed by atoms with Gasteiger partial charge in [-0.15, -0.1) is 0 Å². The highest BCUT2D eigenvalue weighted by atomic mass is 16.5. The number of rotatable bonds is 7. The zero-order chi connectivity index (χ0) is 25.1. The molecular formula is C30H36N2O4. The minimum Gasteiger partial charge on any atom is -0.496 e. The van der Waals surface area contributed by atoms with Gasteiger partial charge in [-0.2, -0.15) is 0 Å². The fraction of sp³-hybridized carbons (Fsp3) is 0.467. The molecule has 2 aromatic carbocycles. The van der Waals surface area contributed by atoms with Gasteiger partial charge in [0.2, 0.25) is 5.91 Å². The van der Waals surface area contributed by atoms with Crippen LogP contribution in [0.5, 0.6) is 5.75 Å². The fourth-order valence-electron chi connectivity index (χ4n) is 6.15. The molecule has 2 aliphatic heterocycles. The molecule has 2 atom stereocenters. The van der Waals surface area contributed by atoms with Crippen LogP contribution in [-0.2, 0) is 11.2 Å². The lowest BCUT2D eigenvalue weighted by Crippen LogP contribution is -2.51. The van der Waals surface area contributed by atoms with E-state index in [0.717, 1.165) is 28.6 Å². The Kier molecular flexibility index (Phi) is 7.42. The Labute approximate surface area is 212 Å². The van der Waals surface area contributed by atoms with Gasteiger partial charge in [-0.25, -0.2) is 4.79 Å². The summed E-state index contributed by atoms with van der Waals surface area (Å²) in [6.07, 6.45) is 7.30. The number of methoxy groups -OCH3 is 1. The maximum atomic E-state index is 13.2. The standard InChI is InChI=1S/C30H36N2O4/c1-31(20-23-11-8-16-32-15-7-6-12-26(23)32)29(33)14-13-22-17-25-24(21-9-4-3-5-10-21)18-30(34)36-28(25)19-27(22)35-2/h3-5,9-10,17-19,23,26H,6-8,11-16,20H2,1-2H3. The van der Waals surface area contributed by atoms with E-state index in [1.807, 2.05) is 48.3 Å². The van der Waals surface area contributed by atoms with Crippen LogP contribution in [0.1, 0.15) is 44.1 Å². The van der Waals surface area contributed by atoms with Crippen molar-refractivity contribution in [3.05, 3.63) is 64.5 Å². The van der Waals surface area contributed by atoms with Crippen LogP contribution in [0.2, 0.25) is 0 Å². The average molecular weight is 489 g/mol. The van der Waals surface area contributed by atoms with E-state index in [1.54, 1.807) is 13.2 Å². The molecule has 1 aromatic heterocycles. The van der Waals surface area contributed by atoms with E-state index < -0.39 is 5.63 Å². The van der Waals surface area contributed by atoms with Gasteiger partial charge in [-0.3, -0.25) is 4.79 Å². The van der Waals surface area contributed by atoms with E-state index in [9.17, 15) is 9.59 Å². The van der Waals surface area contributed by atoms with Gasteiger partial charge in [0.05, 0.1) is 7.11 Å². The van der Waals surface area contributed by atoms with Crippen LogP contribution in [0.4, 0.5) is 0 Å². The molecule has 2 unspecified atom stereocenters. The van der Waals surface area contributed by atoms with Gasteiger partial charge in [-0.05, 0) is 73.9 Å². The molecule has 36 heavy (non-hydrogen) atoms. The number of nitrogens with zero attached hydrogens (tertiary/aromatic N) is 2. The van der Waals surface area contributed by atoms with Crippen molar-refractivity contribution >= 4 is 16.9 Å². The summed E-state index contributed by atoms with van der Waals surface area (Å²) in [4.78, 5) is 30.0. The molecule has 0 N–H and O–H groups in total. The van der Waals surface area contributed by atoms with Crippen LogP contribution in [0.3, 0.4) is 0 Å². The van der Waals surface area contributed by atoms with Gasteiger partial charge < -0.3 is 19.0 Å². The summed E-state index contributed by atoms with van der Waals surface area (Å²) in [5, 5.41) is 0.844. The monoisotopic (exact) mass is 488 g/mol. The second kappa shape index (κ2) is 10.9. The Morgan fingerprint density at radius 1 is 1.08 bits per heavy atom. The van der Waals surface area contributed by atoms with E-state index in [2.05, 4.69) is 4.90 Å². The smallest absolute Gasteiger partial charge is 0.336 e. The van der Waals surface area contributed by atoms with E-state index in [-0.39, 0.29) is 5.91 Å². The third-order valence-corrected chi connectivity index (χ3v) is 8.00. The Morgan fingerprint density at radius 2 is 1.89 bits per heavy atom. The average Bonchev–Trinajstić information content (AvgIpc) is 2.91. The summed E-state index contributed by atoms with van der Waals surface area (Å²) in [6.45, 7) is 3.26. The van der Waals surface area contributed by atoms with Crippen molar-refractivity contribution in [2.24, 2.45) is 5.92 Å². The van der Waals surface area contributed by atoms with E-state index >= 15 is 0 Å². The van der Waals surface area contributed by atoms with Gasteiger partial charge in [0.1, 0.15) is 11.3 Å². The number of carbonyl (C=O) groups is 1. The molecule has 6 heteroatoms. The van der Waals surface area contributed by atoms with Crippen LogP contribution in [0.25, 0.3) is 22.1 Å². The minimum absolute atomic E-state index is 0.160. The van der Waals surface area contributed by atoms with Crippen LogP contribution >= 0.6 is 0 Å². The summed E-state index contributed by atoms with van der Waals surface area (Å²) in [7, 11) is 3.56. The van der Waals surface area contributed by atoms with E-state index in [1.165, 1.54) is 51.3 Å². The van der Waals surface area contributed by atoms with Gasteiger partial charge in [0.25, 0.3) is 0 Å². The molecule has 2 aliphatic rings. The van der Waals surface area contributed by atoms with Crippen molar-refractivity contribution in [3.8, 4) is 16.9 Å². The maximum Gasteiger partial charge on any atom is 0.336 e. The second-order valence-electron chi connectivity index (χ2n) is 10.3. The van der Waals surface area contributed by atoms with Crippen molar-refractivity contribution in [2.75, 3.05) is 33.8 Å². The number of aryl methyl sites for hydroxylation is 1. The molecule has 3 heterocycles. The fourth-order valence-corrected chi connectivity index (χ4v) is 6.15. The lowest BCUT2D eigenvalue weighted by atomic mass is 9.83. The van der Waals surface area contributed by atoms with Crippen LogP contribution in [0, 0.1) is 5.92 Å². The number of carbonyl (C=O) groups excluding carboxylic acids is 1. The van der Waals surface area contributed by atoms with Crippen LogP contribution in [-0.4, -0.2) is 55.5 Å². The van der Waals surface area contributed by atoms with Crippen molar-refractivity contribution in [1.29, 1.82) is 0 Å². The highest BCUT2D eigenvalue weighted by Gasteiger charge is 2.34. The molecule has 2 saturated heterocycles. The van der Waals surface area contributed by atoms with Gasteiger partial charge >= 0.3 is 5.63 Å². The van der Waals surface area contributed by atoms with Gasteiger partial charge in [0.15, 0.2) is 0 Å². The number of piperidine rings is 2. The molecular weight excluding hydrogens is 452 g/mol. The Bertz CT molecular complexity index is 1270. The van der Waals surface area contributed by atoms with Crippen LogP contribution in [0.15, 0.2) is 57.7 Å². The van der Waals surface area contributed by atoms with Crippen molar-refractivity contribution in [3.63, 3.8) is 0 Å². The first-order chi connectivity index (χ1) is 17.5. The highest BCUT2D eigenvalue weighted by Crippen LogP contribution is 2.34. The molecule has 6 nitrogen and oxygen atoms in total. The van der Waals surface area contributed by atoms with Gasteiger partial charge in [0, 0.05) is 43.6 Å². The molecule has 0 aliphatic carbocycles. The normalized spacial score (nSPS) is 20.2. The number of ether oxygens (including phenoxy) is 1. The predicted molar refractivity (Wildman–Crippen MR) is 142 cm³/mol. The van der Waals surface area contributed by atoms with Crippen molar-refractivity contribution in [2.45, 2.75) is 51.0 Å². The quantitative estimate of drug-likeness (QED) is 0.432. The second-order valence-corrected chi connectivity index (χ2v) is 10.3. The van der Waals surface area contributed by atoms with E-state index in [0.29, 0.717) is 36.1 Å². The molecule has 0 saturated carbocycles. The summed E-state index contributed by atoms with van der Waals surface area (Å²) in [5.74, 6) is 1.36. The number of amides is 1. The Hall–Kier alpha value is -3.12. The first-order valence-corrected chi connectivity index (χ1v) is 13.2. The zero-order valence-electron chi connectivity index (χ0n) is 21.4. The summed E-state index contributed by atoms with van der Waals surface area (Å²) in [5.41, 5.74) is 2.80. The molecule has 0 spiro atoms. The lowest BCUT2D eigenvalue weighted by molar-refractivity contribution is -0.131. The van der Waals surface area contributed by atoms with Crippen molar-refractivity contribution < 1.29 is 13.9 Å². The Morgan fingerprint density at radius 3 is 2.69 bits per heavy atom. The largest absolute Gasteiger partial charge is 0.496 e. The van der Waals surface area contributed by atoms with E-state index in [4.69, 9.17) is 9.15 Å². The molecule has 5 rings (SSSR count). The topological polar surface area (TPSA) is 63.0 Å².